The van der Waals surface area contributed by atoms with Gasteiger partial charge in [-0.1, -0.05) is 115 Å². The summed E-state index contributed by atoms with van der Waals surface area (Å²) in [5.74, 6) is 4.45. The van der Waals surface area contributed by atoms with E-state index in [1.54, 1.807) is 262 Å². The highest BCUT2D eigenvalue weighted by Gasteiger charge is 2.22. The van der Waals surface area contributed by atoms with E-state index in [0.29, 0.717) is 175 Å². The van der Waals surface area contributed by atoms with Crippen molar-refractivity contribution in [1.29, 1.82) is 0 Å². The first-order valence-electron chi connectivity index (χ1n) is 44.0. The van der Waals surface area contributed by atoms with Gasteiger partial charge in [0.1, 0.15) is 92.0 Å². The number of benzene rings is 16. The molecule has 20 heteroatoms. The second kappa shape index (κ2) is 43.9. The molecule has 16 aromatic carbocycles. The van der Waals surface area contributed by atoms with Crippen molar-refractivity contribution >= 4 is 47.4 Å². The largest absolute Gasteiger partial charge is 0.496 e. The highest BCUT2D eigenvalue weighted by atomic mass is 16.6. The second-order valence-corrected chi connectivity index (χ2v) is 32.1. The Morgan fingerprint density at radius 1 is 0.228 bits per heavy atom. The van der Waals surface area contributed by atoms with E-state index in [0.717, 1.165) is 56.7 Å². The van der Waals surface area contributed by atoms with Gasteiger partial charge >= 0.3 is 35.8 Å². The van der Waals surface area contributed by atoms with Gasteiger partial charge in [-0.3, -0.25) is 9.59 Å². The molecular formula is C116H90O20. The van der Waals surface area contributed by atoms with Crippen LogP contribution in [0.4, 0.5) is 0 Å². The van der Waals surface area contributed by atoms with Gasteiger partial charge in [-0.05, 0) is 363 Å². The molecule has 0 N–H and O–H groups in total. The number of aryl methyl sites for hydroxylation is 2. The molecule has 16 rings (SSSR count). The summed E-state index contributed by atoms with van der Waals surface area (Å²) >= 11 is 0. The van der Waals surface area contributed by atoms with Gasteiger partial charge in [0, 0.05) is 30.4 Å². The van der Waals surface area contributed by atoms with Crippen LogP contribution in [-0.2, 0) is 25.7 Å². The van der Waals surface area contributed by atoms with Gasteiger partial charge in [-0.25, -0.2) is 28.8 Å². The van der Waals surface area contributed by atoms with Crippen molar-refractivity contribution < 1.29 is 95.2 Å². The van der Waals surface area contributed by atoms with Gasteiger partial charge in [-0.15, -0.1) is 0 Å². The minimum absolute atomic E-state index is 0.00420. The molecule has 0 aromatic heterocycles. The molecule has 0 atom stereocenters. The van der Waals surface area contributed by atoms with Crippen molar-refractivity contribution in [3.63, 3.8) is 0 Å². The summed E-state index contributed by atoms with van der Waals surface area (Å²) in [7, 11) is 1.66. The highest BCUT2D eigenvalue weighted by molar-refractivity contribution is 5.97. The minimum Gasteiger partial charge on any atom is -0.496 e. The van der Waals surface area contributed by atoms with Crippen LogP contribution in [0.1, 0.15) is 165 Å². The van der Waals surface area contributed by atoms with E-state index in [4.69, 9.17) is 56.8 Å². The Labute approximate surface area is 785 Å². The van der Waals surface area contributed by atoms with Gasteiger partial charge in [0.2, 0.25) is 0 Å². The van der Waals surface area contributed by atoms with Crippen molar-refractivity contribution in [1.82, 2.24) is 0 Å². The summed E-state index contributed by atoms with van der Waals surface area (Å²) in [4.78, 5) is 105. The van der Waals surface area contributed by atoms with E-state index >= 15 is 0 Å². The SMILES string of the molecule is COc1ccc(Cc2ccc(OC(=O)c3ccc(Oc4ccc(C(=O)Oc5ccc(Cc6ccc(OC(=O)c7ccc(Oc8ccc(C(=O)CCCCOc9ccc(Cc%10ccccc%10OC(=O)c%10ccc(Oc%11ccc(C(=O)Oc%12ccccc%12Cc%12ccccc%12OC(=O)c%12ccc(Oc%13ccc(C(C)=O)cc%13)cc%12)cc%11)cc%10)cc9)cc8)cc7)cc6)cc5)cc4)cc3)c(C)c2)cc1C. The standard InChI is InChI=1S/C116H90O20/c1-75-69-81(26-66-106(75)125-4)72-82-27-67-107(76(2)70-82)133-113(121)87-36-58-100(59-37-87)129-98-56-34-86(35-57-98)112(120)132-104-48-24-79(25-49-104)71-78-22-46-103(47-23-78)131-111(119)85-32-54-97(55-33-85)128-96-52-30-84(31-53-96)105(118)16-11-12-68-126-94-44-20-80(21-45-94)73-91-13-5-8-17-108(91)134-114(122)88-38-62-101(63-39-88)130-102-64-42-90(43-65-102)116(124)136-110-19-10-7-15-93(110)74-92-14-6-9-18-109(92)135-115(123)89-40-60-99(61-41-89)127-95-50-28-83(29-51-95)77(3)117/h5-10,13-15,17-67,69-70H,11-12,16,68,71-74H2,1-4H3. The zero-order valence-corrected chi connectivity index (χ0v) is 74.6. The average Bonchev–Trinajstić information content (AvgIpc) is 0.818. The molecule has 0 amide bonds. The van der Waals surface area contributed by atoms with Crippen molar-refractivity contribution in [2.45, 2.75) is 65.7 Å². The first-order valence-corrected chi connectivity index (χ1v) is 44.0. The zero-order valence-electron chi connectivity index (χ0n) is 74.6. The number of para-hydroxylation sites is 3. The monoisotopic (exact) mass is 1800 g/mol. The number of unbranched alkanes of at least 4 members (excludes halogenated alkanes) is 1. The maximum Gasteiger partial charge on any atom is 0.343 e. The molecule has 0 spiro atoms. The molecule has 0 heterocycles. The van der Waals surface area contributed by atoms with Crippen LogP contribution in [0.3, 0.4) is 0 Å². The Balaban J connectivity index is 0.412. The molecule has 0 radical (unpaired) electrons. The molecular weight excluding hydrogens is 1710 g/mol. The molecule has 0 saturated heterocycles. The normalized spacial score (nSPS) is 10.8. The lowest BCUT2D eigenvalue weighted by molar-refractivity contribution is 0.0722. The Morgan fingerprint density at radius 3 is 0.824 bits per heavy atom. The molecule has 0 saturated carbocycles. The summed E-state index contributed by atoms with van der Waals surface area (Å²) in [5, 5.41) is 0. The van der Waals surface area contributed by atoms with Crippen molar-refractivity contribution in [2.75, 3.05) is 13.7 Å². The number of carbonyl (C=O) groups excluding carboxylic acids is 8. The fraction of sp³-hybridized carbons (Fsp3) is 0.103. The topological polar surface area (TPSA) is 247 Å². The summed E-state index contributed by atoms with van der Waals surface area (Å²) in [6.45, 7) is 5.84. The van der Waals surface area contributed by atoms with E-state index in [1.165, 1.54) is 6.92 Å². The fourth-order valence-electron chi connectivity index (χ4n) is 14.8. The smallest absolute Gasteiger partial charge is 0.343 e. The Bertz CT molecular complexity index is 6960. The molecule has 0 bridgehead atoms. The van der Waals surface area contributed by atoms with E-state index in [1.807, 2.05) is 129 Å². The molecule has 0 aliphatic rings. The van der Waals surface area contributed by atoms with Crippen molar-refractivity contribution in [3.8, 4) is 92.0 Å². The van der Waals surface area contributed by atoms with E-state index in [2.05, 4.69) is 6.07 Å². The molecule has 20 nitrogen and oxygen atoms in total. The van der Waals surface area contributed by atoms with Gasteiger partial charge in [0.25, 0.3) is 0 Å². The van der Waals surface area contributed by atoms with Crippen molar-refractivity contribution in [3.05, 3.63) is 476 Å². The lowest BCUT2D eigenvalue weighted by Crippen LogP contribution is -2.11. The second-order valence-electron chi connectivity index (χ2n) is 32.1. The lowest BCUT2D eigenvalue weighted by Gasteiger charge is -2.13. The number of carbonyl (C=O) groups is 8. The molecule has 0 fully saturated rings. The third-order valence-electron chi connectivity index (χ3n) is 22.2. The maximum atomic E-state index is 13.6. The number of methoxy groups -OCH3 is 1. The molecule has 0 unspecified atom stereocenters. The predicted octanol–water partition coefficient (Wildman–Crippen LogP) is 25.8. The van der Waals surface area contributed by atoms with Crippen LogP contribution in [0, 0.1) is 13.8 Å². The van der Waals surface area contributed by atoms with Gasteiger partial charge in [0.15, 0.2) is 11.6 Å². The zero-order chi connectivity index (χ0) is 94.2. The molecule has 136 heavy (non-hydrogen) atoms. The number of hydrogen-bond acceptors (Lipinski definition) is 20. The molecule has 674 valence electrons. The summed E-state index contributed by atoms with van der Waals surface area (Å²) in [5.41, 5.74) is 12.3. The van der Waals surface area contributed by atoms with Crippen molar-refractivity contribution in [2.24, 2.45) is 0 Å². The Hall–Kier alpha value is -17.5. The quantitative estimate of drug-likeness (QED) is 0.0152. The van der Waals surface area contributed by atoms with Crippen LogP contribution in [0.5, 0.6) is 92.0 Å². The summed E-state index contributed by atoms with van der Waals surface area (Å²) < 4.78 is 70.4. The number of rotatable bonds is 37. The number of hydrogen-bond donors (Lipinski definition) is 0. The molecule has 16 aromatic rings. The van der Waals surface area contributed by atoms with Crippen LogP contribution >= 0.6 is 0 Å². The Morgan fingerprint density at radius 2 is 0.493 bits per heavy atom. The minimum atomic E-state index is -0.593. The molecule has 0 aliphatic carbocycles. The number of ketones is 2. The van der Waals surface area contributed by atoms with Crippen LogP contribution in [0.25, 0.3) is 0 Å². The first kappa shape index (κ1) is 91.8. The van der Waals surface area contributed by atoms with E-state index in [-0.39, 0.29) is 23.6 Å². The maximum absolute atomic E-state index is 13.6. The Kier molecular flexibility index (Phi) is 29.6. The number of ether oxygens (including phenoxy) is 12. The predicted molar refractivity (Wildman–Crippen MR) is 514 cm³/mol. The van der Waals surface area contributed by atoms with E-state index < -0.39 is 35.8 Å². The van der Waals surface area contributed by atoms with Crippen LogP contribution < -0.4 is 56.8 Å². The van der Waals surface area contributed by atoms with Crippen LogP contribution in [-0.4, -0.2) is 61.1 Å². The third kappa shape index (κ3) is 25.0. The number of Topliss-reactive ketones (excluding diaryl/α,β-unsaturated/α-hetero) is 2. The fourth-order valence-corrected chi connectivity index (χ4v) is 14.8. The van der Waals surface area contributed by atoms with Crippen LogP contribution in [0.2, 0.25) is 0 Å². The lowest BCUT2D eigenvalue weighted by atomic mass is 10.0. The van der Waals surface area contributed by atoms with Gasteiger partial charge in [-0.2, -0.15) is 0 Å². The third-order valence-corrected chi connectivity index (χ3v) is 22.2. The summed E-state index contributed by atoms with van der Waals surface area (Å²) in [6.07, 6.45) is 3.68. The first-order chi connectivity index (χ1) is 66.2. The van der Waals surface area contributed by atoms with Gasteiger partial charge in [0.05, 0.1) is 47.1 Å². The summed E-state index contributed by atoms with van der Waals surface area (Å²) in [6, 6.07) is 109. The number of esters is 6. The van der Waals surface area contributed by atoms with Crippen LogP contribution in [0.15, 0.2) is 376 Å². The van der Waals surface area contributed by atoms with Gasteiger partial charge < -0.3 is 56.8 Å². The average molecular weight is 1800 g/mol. The van der Waals surface area contributed by atoms with E-state index in [9.17, 15) is 38.4 Å². The molecule has 0 aliphatic heterocycles. The highest BCUT2D eigenvalue weighted by Crippen LogP contribution is 2.35.